The summed E-state index contributed by atoms with van der Waals surface area (Å²) in [6.07, 6.45) is 3.26. The maximum absolute atomic E-state index is 8.79. The number of nitrogens with zero attached hydrogens (tertiary/aromatic N) is 1. The minimum absolute atomic E-state index is 0.0401. The molecule has 0 fully saturated rings. The van der Waals surface area contributed by atoms with Crippen LogP contribution in [0.15, 0.2) is 29.0 Å². The number of aliphatic hydroxyl groups excluding tert-OH is 1. The van der Waals surface area contributed by atoms with Crippen LogP contribution in [0.2, 0.25) is 0 Å². The fraction of sp³-hybridized carbons (Fsp3) is 0.125. The van der Waals surface area contributed by atoms with E-state index in [1.807, 2.05) is 12.1 Å². The standard InChI is InChI=1S/C8H7NO2S/c10-5-6-4-9-8(12-6)7-2-1-3-11-7/h1-4,10H,5H2. The van der Waals surface area contributed by atoms with Crippen LogP contribution in [0, 0.1) is 0 Å². The molecule has 0 atom stereocenters. The summed E-state index contributed by atoms with van der Waals surface area (Å²) in [4.78, 5) is 4.94. The molecule has 0 spiro atoms. The van der Waals surface area contributed by atoms with Crippen LogP contribution in [-0.2, 0) is 6.61 Å². The van der Waals surface area contributed by atoms with E-state index in [1.165, 1.54) is 11.3 Å². The first-order valence-corrected chi connectivity index (χ1v) is 4.31. The van der Waals surface area contributed by atoms with Gasteiger partial charge in [-0.1, -0.05) is 0 Å². The maximum Gasteiger partial charge on any atom is 0.162 e. The lowest BCUT2D eigenvalue weighted by molar-refractivity contribution is 0.285. The van der Waals surface area contributed by atoms with Crippen LogP contribution in [0.1, 0.15) is 4.88 Å². The van der Waals surface area contributed by atoms with Gasteiger partial charge in [0.15, 0.2) is 10.8 Å². The van der Waals surface area contributed by atoms with Crippen molar-refractivity contribution < 1.29 is 9.52 Å². The number of hydrogen-bond donors (Lipinski definition) is 1. The molecule has 0 unspecified atom stereocenters. The molecular weight excluding hydrogens is 174 g/mol. The molecule has 4 heteroatoms. The Bertz CT molecular complexity index is 353. The van der Waals surface area contributed by atoms with Crippen molar-refractivity contribution in [1.29, 1.82) is 0 Å². The van der Waals surface area contributed by atoms with Gasteiger partial charge >= 0.3 is 0 Å². The maximum atomic E-state index is 8.79. The first kappa shape index (κ1) is 7.52. The highest BCUT2D eigenvalue weighted by molar-refractivity contribution is 7.14. The first-order chi connectivity index (χ1) is 5.90. The topological polar surface area (TPSA) is 46.3 Å². The number of rotatable bonds is 2. The van der Waals surface area contributed by atoms with Gasteiger partial charge in [-0.2, -0.15) is 0 Å². The Morgan fingerprint density at radius 1 is 1.58 bits per heavy atom. The molecule has 12 heavy (non-hydrogen) atoms. The van der Waals surface area contributed by atoms with Crippen LogP contribution >= 0.6 is 11.3 Å². The Morgan fingerprint density at radius 3 is 3.08 bits per heavy atom. The zero-order valence-corrected chi connectivity index (χ0v) is 7.04. The van der Waals surface area contributed by atoms with Crippen molar-refractivity contribution in [2.45, 2.75) is 6.61 Å². The summed E-state index contributed by atoms with van der Waals surface area (Å²) in [7, 11) is 0. The minimum atomic E-state index is 0.0401. The highest BCUT2D eigenvalue weighted by Crippen LogP contribution is 2.24. The molecule has 0 bridgehead atoms. The third-order valence-electron chi connectivity index (χ3n) is 1.44. The lowest BCUT2D eigenvalue weighted by Gasteiger charge is -1.85. The average Bonchev–Trinajstić information content (AvgIpc) is 2.75. The molecule has 1 N–H and O–H groups in total. The molecule has 0 aliphatic heterocycles. The summed E-state index contributed by atoms with van der Waals surface area (Å²) >= 11 is 1.44. The molecular formula is C8H7NO2S. The molecule has 0 saturated heterocycles. The van der Waals surface area contributed by atoms with Crippen LogP contribution in [0.3, 0.4) is 0 Å². The molecule has 62 valence electrons. The van der Waals surface area contributed by atoms with E-state index in [9.17, 15) is 0 Å². The van der Waals surface area contributed by atoms with Crippen molar-refractivity contribution in [1.82, 2.24) is 4.98 Å². The van der Waals surface area contributed by atoms with E-state index in [2.05, 4.69) is 4.98 Å². The highest BCUT2D eigenvalue weighted by Gasteiger charge is 2.05. The minimum Gasteiger partial charge on any atom is -0.462 e. The zero-order chi connectivity index (χ0) is 8.39. The van der Waals surface area contributed by atoms with Gasteiger partial charge in [0.1, 0.15) is 0 Å². The number of aromatic nitrogens is 1. The number of furan rings is 1. The molecule has 0 saturated carbocycles. The van der Waals surface area contributed by atoms with Gasteiger partial charge in [-0.05, 0) is 12.1 Å². The molecule has 2 rings (SSSR count). The van der Waals surface area contributed by atoms with Crippen molar-refractivity contribution in [3.05, 3.63) is 29.5 Å². The van der Waals surface area contributed by atoms with Crippen LogP contribution in [0.25, 0.3) is 10.8 Å². The van der Waals surface area contributed by atoms with Crippen LogP contribution < -0.4 is 0 Å². The van der Waals surface area contributed by atoms with Gasteiger partial charge in [-0.3, -0.25) is 0 Å². The molecule has 0 amide bonds. The van der Waals surface area contributed by atoms with Crippen molar-refractivity contribution in [3.63, 3.8) is 0 Å². The lowest BCUT2D eigenvalue weighted by Crippen LogP contribution is -1.70. The number of aliphatic hydroxyl groups is 1. The number of thiazole rings is 1. The van der Waals surface area contributed by atoms with Crippen molar-refractivity contribution >= 4 is 11.3 Å². The van der Waals surface area contributed by atoms with E-state index in [0.29, 0.717) is 0 Å². The smallest absolute Gasteiger partial charge is 0.162 e. The third kappa shape index (κ3) is 1.26. The fourth-order valence-electron chi connectivity index (χ4n) is 0.895. The molecule has 0 aromatic carbocycles. The predicted molar refractivity (Wildman–Crippen MR) is 45.7 cm³/mol. The summed E-state index contributed by atoms with van der Waals surface area (Å²) in [6, 6.07) is 3.66. The first-order valence-electron chi connectivity index (χ1n) is 3.49. The Hall–Kier alpha value is -1.13. The van der Waals surface area contributed by atoms with E-state index in [0.717, 1.165) is 15.6 Å². The predicted octanol–water partition coefficient (Wildman–Crippen LogP) is 1.90. The van der Waals surface area contributed by atoms with Gasteiger partial charge in [-0.15, -0.1) is 11.3 Å². The average molecular weight is 181 g/mol. The summed E-state index contributed by atoms with van der Waals surface area (Å²) in [5.41, 5.74) is 0. The second-order valence-corrected chi connectivity index (χ2v) is 3.38. The van der Waals surface area contributed by atoms with Gasteiger partial charge < -0.3 is 9.52 Å². The number of hydrogen-bond acceptors (Lipinski definition) is 4. The summed E-state index contributed by atoms with van der Waals surface area (Å²) in [5, 5.41) is 9.60. The molecule has 0 aliphatic carbocycles. The Morgan fingerprint density at radius 2 is 2.50 bits per heavy atom. The second-order valence-electron chi connectivity index (χ2n) is 2.27. The third-order valence-corrected chi connectivity index (χ3v) is 2.44. The van der Waals surface area contributed by atoms with E-state index in [1.54, 1.807) is 12.5 Å². The molecule has 3 nitrogen and oxygen atoms in total. The van der Waals surface area contributed by atoms with Gasteiger partial charge in [0, 0.05) is 6.20 Å². The largest absolute Gasteiger partial charge is 0.462 e. The van der Waals surface area contributed by atoms with E-state index < -0.39 is 0 Å². The molecule has 2 aromatic heterocycles. The van der Waals surface area contributed by atoms with E-state index in [4.69, 9.17) is 9.52 Å². The highest BCUT2D eigenvalue weighted by atomic mass is 32.1. The Balaban J connectivity index is 2.35. The van der Waals surface area contributed by atoms with E-state index in [-0.39, 0.29) is 6.61 Å². The Kier molecular flexibility index (Phi) is 1.93. The summed E-state index contributed by atoms with van der Waals surface area (Å²) < 4.78 is 5.14. The van der Waals surface area contributed by atoms with Crippen LogP contribution in [-0.4, -0.2) is 10.1 Å². The van der Waals surface area contributed by atoms with Crippen LogP contribution in [0.5, 0.6) is 0 Å². The fourth-order valence-corrected chi connectivity index (χ4v) is 1.64. The molecule has 2 heterocycles. The normalized spacial score (nSPS) is 10.4. The monoisotopic (exact) mass is 181 g/mol. The second kappa shape index (κ2) is 3.08. The van der Waals surface area contributed by atoms with Crippen LogP contribution in [0.4, 0.5) is 0 Å². The SMILES string of the molecule is OCc1cnc(-c2ccco2)s1. The van der Waals surface area contributed by atoms with Gasteiger partial charge in [0.25, 0.3) is 0 Å². The zero-order valence-electron chi connectivity index (χ0n) is 6.23. The quantitative estimate of drug-likeness (QED) is 0.769. The molecule has 0 radical (unpaired) electrons. The molecule has 0 aliphatic rings. The molecule has 2 aromatic rings. The summed E-state index contributed by atoms with van der Waals surface area (Å²) in [6.45, 7) is 0.0401. The Labute approximate surface area is 73.3 Å². The van der Waals surface area contributed by atoms with Crippen molar-refractivity contribution in [2.75, 3.05) is 0 Å². The summed E-state index contributed by atoms with van der Waals surface area (Å²) in [5.74, 6) is 0.750. The van der Waals surface area contributed by atoms with Crippen molar-refractivity contribution in [3.8, 4) is 10.8 Å². The van der Waals surface area contributed by atoms with Crippen molar-refractivity contribution in [2.24, 2.45) is 0 Å². The van der Waals surface area contributed by atoms with E-state index >= 15 is 0 Å². The van der Waals surface area contributed by atoms with Gasteiger partial charge in [-0.25, -0.2) is 4.98 Å². The van der Waals surface area contributed by atoms with Gasteiger partial charge in [0.05, 0.1) is 17.7 Å². The lowest BCUT2D eigenvalue weighted by atomic mass is 10.5. The van der Waals surface area contributed by atoms with Gasteiger partial charge in [0.2, 0.25) is 0 Å².